The number of thioether (sulfide) groups is 1. The maximum atomic E-state index is 5.86. The van der Waals surface area contributed by atoms with Crippen molar-refractivity contribution in [3.8, 4) is 5.75 Å². The van der Waals surface area contributed by atoms with Gasteiger partial charge < -0.3 is 4.74 Å². The molecule has 0 unspecified atom stereocenters. The Hall–Kier alpha value is -0.910. The largest absolute Gasteiger partial charge is 0.492 e. The lowest BCUT2D eigenvalue weighted by molar-refractivity contribution is 0.395. The average Bonchev–Trinajstić information content (AvgIpc) is 2.41. The van der Waals surface area contributed by atoms with Crippen molar-refractivity contribution in [2.75, 3.05) is 13.4 Å². The third-order valence-electron chi connectivity index (χ3n) is 2.13. The molecule has 0 amide bonds. The zero-order valence-electron chi connectivity index (χ0n) is 9.88. The molecule has 0 spiro atoms. The van der Waals surface area contributed by atoms with Crippen LogP contribution in [0, 0.1) is 0 Å². The fraction of sp³-hybridized carbons (Fsp3) is 0.167. The van der Waals surface area contributed by atoms with Crippen molar-refractivity contribution in [2.24, 2.45) is 0 Å². The van der Waals surface area contributed by atoms with Crippen LogP contribution in [0.4, 0.5) is 0 Å². The maximum Gasteiger partial charge on any atom is 0.188 e. The molecular formula is C12H11ClN2OS2. The predicted molar refractivity (Wildman–Crippen MR) is 75.9 cm³/mol. The minimum Gasteiger partial charge on any atom is -0.492 e. The van der Waals surface area contributed by atoms with Crippen LogP contribution in [-0.4, -0.2) is 23.3 Å². The van der Waals surface area contributed by atoms with Gasteiger partial charge in [-0.3, -0.25) is 0 Å². The van der Waals surface area contributed by atoms with Gasteiger partial charge in [-0.1, -0.05) is 35.1 Å². The Kier molecular flexibility index (Phi) is 4.74. The second-order valence-corrected chi connectivity index (χ2v) is 5.56. The van der Waals surface area contributed by atoms with E-state index in [1.807, 2.05) is 30.5 Å². The summed E-state index contributed by atoms with van der Waals surface area (Å²) in [4.78, 5) is 9.67. The lowest BCUT2D eigenvalue weighted by Crippen LogP contribution is -1.93. The van der Waals surface area contributed by atoms with Crippen LogP contribution in [0.5, 0.6) is 5.75 Å². The summed E-state index contributed by atoms with van der Waals surface area (Å²) in [5, 5.41) is 2.25. The summed E-state index contributed by atoms with van der Waals surface area (Å²) >= 11 is 8.89. The van der Waals surface area contributed by atoms with E-state index < -0.39 is 0 Å². The van der Waals surface area contributed by atoms with Crippen molar-refractivity contribution < 1.29 is 4.74 Å². The highest BCUT2D eigenvalue weighted by atomic mass is 35.5. The lowest BCUT2D eigenvalue weighted by Gasteiger charge is -2.07. The second kappa shape index (κ2) is 6.31. The fourth-order valence-corrected chi connectivity index (χ4v) is 2.65. The van der Waals surface area contributed by atoms with Gasteiger partial charge in [-0.05, 0) is 30.5 Å². The minimum atomic E-state index is 0.674. The third-order valence-corrected chi connectivity index (χ3v) is 3.94. The molecule has 0 aliphatic rings. The summed E-state index contributed by atoms with van der Waals surface area (Å²) in [6.45, 7) is 0. The molecule has 2 rings (SSSR count). The zero-order chi connectivity index (χ0) is 13.0. The molecule has 0 saturated carbocycles. The van der Waals surface area contributed by atoms with Crippen LogP contribution in [0.2, 0.25) is 5.02 Å². The summed E-state index contributed by atoms with van der Waals surface area (Å²) in [7, 11) is 1.61. The standard InChI is InChI=1S/C12H11ClN2OS2/c1-16-10-7-14-12(17-2)15-11(10)18-9-5-3-8(13)4-6-9/h3-7H,1-2H3. The molecule has 2 aromatic rings. The molecule has 3 nitrogen and oxygen atoms in total. The quantitative estimate of drug-likeness (QED) is 0.484. The van der Waals surface area contributed by atoms with E-state index in [2.05, 4.69) is 9.97 Å². The van der Waals surface area contributed by atoms with Crippen LogP contribution in [0.15, 0.2) is 45.5 Å². The number of hydrogen-bond donors (Lipinski definition) is 0. The number of methoxy groups -OCH3 is 1. The molecule has 18 heavy (non-hydrogen) atoms. The van der Waals surface area contributed by atoms with Crippen LogP contribution in [0.3, 0.4) is 0 Å². The highest BCUT2D eigenvalue weighted by Crippen LogP contribution is 2.34. The average molecular weight is 299 g/mol. The molecule has 0 aliphatic heterocycles. The van der Waals surface area contributed by atoms with Gasteiger partial charge in [0.25, 0.3) is 0 Å². The van der Waals surface area contributed by atoms with Crippen LogP contribution < -0.4 is 4.74 Å². The van der Waals surface area contributed by atoms with E-state index in [1.54, 1.807) is 13.3 Å². The summed E-state index contributed by atoms with van der Waals surface area (Å²) in [5.41, 5.74) is 0. The van der Waals surface area contributed by atoms with Crippen LogP contribution in [0.1, 0.15) is 0 Å². The summed E-state index contributed by atoms with van der Waals surface area (Å²) < 4.78 is 5.26. The van der Waals surface area contributed by atoms with Gasteiger partial charge in [-0.2, -0.15) is 0 Å². The summed E-state index contributed by atoms with van der Waals surface area (Å²) in [6.07, 6.45) is 3.63. The number of nitrogens with zero attached hydrogens (tertiary/aromatic N) is 2. The third kappa shape index (κ3) is 3.31. The van der Waals surface area contributed by atoms with Crippen molar-refractivity contribution in [2.45, 2.75) is 15.1 Å². The Morgan fingerprint density at radius 1 is 1.22 bits per heavy atom. The SMILES string of the molecule is COc1cnc(SC)nc1Sc1ccc(Cl)cc1. The smallest absolute Gasteiger partial charge is 0.188 e. The number of hydrogen-bond acceptors (Lipinski definition) is 5. The first-order chi connectivity index (χ1) is 8.72. The van der Waals surface area contributed by atoms with Gasteiger partial charge in [-0.25, -0.2) is 9.97 Å². The zero-order valence-corrected chi connectivity index (χ0v) is 12.3. The summed E-state index contributed by atoms with van der Waals surface area (Å²) in [6, 6.07) is 7.61. The molecule has 1 heterocycles. The number of benzene rings is 1. The molecule has 0 saturated heterocycles. The molecule has 94 valence electrons. The Morgan fingerprint density at radius 2 is 1.94 bits per heavy atom. The minimum absolute atomic E-state index is 0.674. The highest BCUT2D eigenvalue weighted by molar-refractivity contribution is 7.99. The van der Waals surface area contributed by atoms with Crippen LogP contribution in [0.25, 0.3) is 0 Å². The first-order valence-electron chi connectivity index (χ1n) is 5.11. The van der Waals surface area contributed by atoms with Crippen LogP contribution in [-0.2, 0) is 0 Å². The van der Waals surface area contributed by atoms with E-state index in [0.29, 0.717) is 5.75 Å². The molecule has 0 aliphatic carbocycles. The van der Waals surface area contributed by atoms with Crippen molar-refractivity contribution in [1.29, 1.82) is 0 Å². The lowest BCUT2D eigenvalue weighted by atomic mass is 10.4. The van der Waals surface area contributed by atoms with Gasteiger partial charge in [0.15, 0.2) is 10.9 Å². The molecule has 0 bridgehead atoms. The Morgan fingerprint density at radius 3 is 2.56 bits per heavy atom. The Labute approximate surface area is 119 Å². The molecule has 6 heteroatoms. The summed E-state index contributed by atoms with van der Waals surface area (Å²) in [5.74, 6) is 0.674. The Bertz CT molecular complexity index is 534. The van der Waals surface area contributed by atoms with Gasteiger partial charge >= 0.3 is 0 Å². The fourth-order valence-electron chi connectivity index (χ4n) is 1.27. The number of rotatable bonds is 4. The predicted octanol–water partition coefficient (Wildman–Crippen LogP) is 4.01. The van der Waals surface area contributed by atoms with E-state index in [9.17, 15) is 0 Å². The van der Waals surface area contributed by atoms with Gasteiger partial charge in [0.05, 0.1) is 13.3 Å². The molecule has 1 aromatic heterocycles. The van der Waals surface area contributed by atoms with Crippen molar-refractivity contribution in [3.05, 3.63) is 35.5 Å². The van der Waals surface area contributed by atoms with Gasteiger partial charge in [-0.15, -0.1) is 0 Å². The first kappa shape index (κ1) is 13.5. The van der Waals surface area contributed by atoms with Crippen molar-refractivity contribution >= 4 is 35.1 Å². The van der Waals surface area contributed by atoms with Crippen molar-refractivity contribution in [3.63, 3.8) is 0 Å². The van der Waals surface area contributed by atoms with Crippen LogP contribution >= 0.6 is 35.1 Å². The molecule has 1 aromatic carbocycles. The molecule has 0 fully saturated rings. The van der Waals surface area contributed by atoms with Gasteiger partial charge in [0, 0.05) is 9.92 Å². The Balaban J connectivity index is 2.29. The van der Waals surface area contributed by atoms with E-state index in [0.717, 1.165) is 20.1 Å². The highest BCUT2D eigenvalue weighted by Gasteiger charge is 2.09. The molecule has 0 N–H and O–H groups in total. The number of aromatic nitrogens is 2. The van der Waals surface area contributed by atoms with E-state index in [1.165, 1.54) is 23.5 Å². The van der Waals surface area contributed by atoms with Gasteiger partial charge in [0.1, 0.15) is 5.03 Å². The topological polar surface area (TPSA) is 35.0 Å². The second-order valence-electron chi connectivity index (χ2n) is 3.29. The van der Waals surface area contributed by atoms with Crippen molar-refractivity contribution in [1.82, 2.24) is 9.97 Å². The first-order valence-corrected chi connectivity index (χ1v) is 7.53. The van der Waals surface area contributed by atoms with Gasteiger partial charge in [0.2, 0.25) is 0 Å². The number of halogens is 1. The van der Waals surface area contributed by atoms with E-state index in [-0.39, 0.29) is 0 Å². The molecule has 0 radical (unpaired) electrons. The monoisotopic (exact) mass is 298 g/mol. The molecule has 0 atom stereocenters. The van der Waals surface area contributed by atoms with E-state index >= 15 is 0 Å². The number of ether oxygens (including phenoxy) is 1. The normalized spacial score (nSPS) is 10.4. The van der Waals surface area contributed by atoms with E-state index in [4.69, 9.17) is 16.3 Å². The maximum absolute atomic E-state index is 5.86. The molecular weight excluding hydrogens is 288 g/mol.